The van der Waals surface area contributed by atoms with Gasteiger partial charge in [0.25, 0.3) is 6.43 Å². The molecule has 3 nitrogen and oxygen atoms in total. The van der Waals surface area contributed by atoms with Gasteiger partial charge in [-0.1, -0.05) is 37.1 Å². The molecule has 0 radical (unpaired) electrons. The molecule has 104 valence electrons. The summed E-state index contributed by atoms with van der Waals surface area (Å²) in [5.41, 5.74) is 0.428. The Labute approximate surface area is 110 Å². The molecular formula is C14H17F2NO2. The van der Waals surface area contributed by atoms with E-state index in [0.29, 0.717) is 5.56 Å². The normalized spacial score (nSPS) is 17.8. The smallest absolute Gasteiger partial charge is 0.325 e. The van der Waals surface area contributed by atoms with Crippen LogP contribution in [-0.4, -0.2) is 17.1 Å². The second kappa shape index (κ2) is 6.10. The van der Waals surface area contributed by atoms with Gasteiger partial charge in [-0.15, -0.1) is 0 Å². The molecule has 1 saturated carbocycles. The molecule has 1 fully saturated rings. The molecule has 1 aromatic rings. The van der Waals surface area contributed by atoms with Crippen molar-refractivity contribution in [2.45, 2.75) is 44.2 Å². The minimum atomic E-state index is -2.53. The Morgan fingerprint density at radius 1 is 1.16 bits per heavy atom. The number of carboxylic acid groups (broad SMARTS) is 1. The van der Waals surface area contributed by atoms with Crippen molar-refractivity contribution in [1.29, 1.82) is 0 Å². The monoisotopic (exact) mass is 269 g/mol. The van der Waals surface area contributed by atoms with E-state index >= 15 is 0 Å². The maximum absolute atomic E-state index is 12.5. The zero-order valence-corrected chi connectivity index (χ0v) is 10.5. The molecule has 1 aromatic carbocycles. The van der Waals surface area contributed by atoms with Gasteiger partial charge in [0.1, 0.15) is 6.04 Å². The van der Waals surface area contributed by atoms with Crippen molar-refractivity contribution in [3.63, 3.8) is 0 Å². The van der Waals surface area contributed by atoms with E-state index in [1.165, 1.54) is 24.3 Å². The number of hydrogen-bond donors (Lipinski definition) is 2. The number of carboxylic acids is 1. The molecule has 0 aromatic heterocycles. The molecule has 19 heavy (non-hydrogen) atoms. The highest BCUT2D eigenvalue weighted by Crippen LogP contribution is 2.24. The number of nitrogens with one attached hydrogen (secondary N) is 1. The van der Waals surface area contributed by atoms with E-state index in [9.17, 15) is 18.7 Å². The van der Waals surface area contributed by atoms with Crippen LogP contribution in [0.4, 0.5) is 8.78 Å². The van der Waals surface area contributed by atoms with Gasteiger partial charge in [-0.25, -0.2) is 8.78 Å². The number of benzene rings is 1. The van der Waals surface area contributed by atoms with E-state index in [1.807, 2.05) is 0 Å². The average Bonchev–Trinajstić information content (AvgIpc) is 2.88. The fourth-order valence-electron chi connectivity index (χ4n) is 2.47. The third kappa shape index (κ3) is 3.50. The zero-order valence-electron chi connectivity index (χ0n) is 10.5. The Hall–Kier alpha value is -1.49. The molecule has 1 unspecified atom stereocenters. The van der Waals surface area contributed by atoms with Crippen LogP contribution in [0.2, 0.25) is 0 Å². The maximum Gasteiger partial charge on any atom is 0.325 e. The summed E-state index contributed by atoms with van der Waals surface area (Å²) in [6.07, 6.45) is 1.63. The molecule has 0 aliphatic heterocycles. The minimum absolute atomic E-state index is 0.0891. The largest absolute Gasteiger partial charge is 0.480 e. The highest BCUT2D eigenvalue weighted by Gasteiger charge is 2.25. The number of alkyl halides is 2. The molecule has 1 atom stereocenters. The summed E-state index contributed by atoms with van der Waals surface area (Å²) in [7, 11) is 0. The van der Waals surface area contributed by atoms with Gasteiger partial charge in [0.2, 0.25) is 0 Å². The van der Waals surface area contributed by atoms with E-state index in [4.69, 9.17) is 0 Å². The molecule has 5 heteroatoms. The molecule has 2 N–H and O–H groups in total. The van der Waals surface area contributed by atoms with Gasteiger partial charge in [0.15, 0.2) is 0 Å². The van der Waals surface area contributed by atoms with Crippen LogP contribution in [0, 0.1) is 0 Å². The Morgan fingerprint density at radius 3 is 2.16 bits per heavy atom. The van der Waals surface area contributed by atoms with Gasteiger partial charge in [-0.3, -0.25) is 10.1 Å². The standard InChI is InChI=1S/C14H17F2NO2/c15-13(16)10-7-5-9(6-8-10)12(14(18)19)17-11-3-1-2-4-11/h5-8,11-13,17H,1-4H2,(H,18,19). The number of carbonyl (C=O) groups is 1. The maximum atomic E-state index is 12.5. The number of rotatable bonds is 5. The van der Waals surface area contributed by atoms with Crippen LogP contribution in [0.15, 0.2) is 24.3 Å². The average molecular weight is 269 g/mol. The summed E-state index contributed by atoms with van der Waals surface area (Å²) in [6, 6.07) is 4.87. The van der Waals surface area contributed by atoms with Crippen molar-refractivity contribution in [2.24, 2.45) is 0 Å². The summed E-state index contributed by atoms with van der Waals surface area (Å²) in [4.78, 5) is 11.3. The molecule has 0 bridgehead atoms. The van der Waals surface area contributed by atoms with Gasteiger partial charge in [0.05, 0.1) is 0 Å². The van der Waals surface area contributed by atoms with E-state index < -0.39 is 18.4 Å². The SMILES string of the molecule is O=C(O)C(NC1CCCC1)c1ccc(C(F)F)cc1. The summed E-state index contributed by atoms with van der Waals surface area (Å²) >= 11 is 0. The van der Waals surface area contributed by atoms with Crippen LogP contribution < -0.4 is 5.32 Å². The van der Waals surface area contributed by atoms with Crippen LogP contribution in [0.3, 0.4) is 0 Å². The molecular weight excluding hydrogens is 252 g/mol. The fraction of sp³-hybridized carbons (Fsp3) is 0.500. The van der Waals surface area contributed by atoms with Crippen molar-refractivity contribution in [2.75, 3.05) is 0 Å². The third-order valence-electron chi connectivity index (χ3n) is 3.53. The minimum Gasteiger partial charge on any atom is -0.480 e. The van der Waals surface area contributed by atoms with E-state index in [-0.39, 0.29) is 11.6 Å². The highest BCUT2D eigenvalue weighted by atomic mass is 19.3. The molecule has 0 heterocycles. The Kier molecular flexibility index (Phi) is 4.47. The van der Waals surface area contributed by atoms with Crippen molar-refractivity contribution in [3.05, 3.63) is 35.4 Å². The van der Waals surface area contributed by atoms with Crippen LogP contribution in [-0.2, 0) is 4.79 Å². The Morgan fingerprint density at radius 2 is 1.68 bits per heavy atom. The molecule has 1 aliphatic carbocycles. The van der Waals surface area contributed by atoms with Crippen molar-refractivity contribution < 1.29 is 18.7 Å². The van der Waals surface area contributed by atoms with Crippen LogP contribution in [0.25, 0.3) is 0 Å². The lowest BCUT2D eigenvalue weighted by atomic mass is 10.0. The van der Waals surface area contributed by atoms with Gasteiger partial charge >= 0.3 is 5.97 Å². The number of halogens is 2. The van der Waals surface area contributed by atoms with Crippen LogP contribution in [0.5, 0.6) is 0 Å². The summed E-state index contributed by atoms with van der Waals surface area (Å²) in [5.74, 6) is -0.975. The number of aliphatic carboxylic acids is 1. The van der Waals surface area contributed by atoms with Gasteiger partial charge in [0, 0.05) is 11.6 Å². The first-order valence-electron chi connectivity index (χ1n) is 6.45. The third-order valence-corrected chi connectivity index (χ3v) is 3.53. The quantitative estimate of drug-likeness (QED) is 0.862. The molecule has 0 spiro atoms. The molecule has 1 aliphatic rings. The number of hydrogen-bond acceptors (Lipinski definition) is 2. The predicted octanol–water partition coefficient (Wildman–Crippen LogP) is 3.28. The van der Waals surface area contributed by atoms with Crippen LogP contribution >= 0.6 is 0 Å². The predicted molar refractivity (Wildman–Crippen MR) is 67.2 cm³/mol. The Balaban J connectivity index is 2.11. The van der Waals surface area contributed by atoms with Gasteiger partial charge in [-0.2, -0.15) is 0 Å². The highest BCUT2D eigenvalue weighted by molar-refractivity contribution is 5.75. The lowest BCUT2D eigenvalue weighted by Gasteiger charge is -2.20. The van der Waals surface area contributed by atoms with E-state index in [0.717, 1.165) is 25.7 Å². The van der Waals surface area contributed by atoms with Gasteiger partial charge < -0.3 is 5.11 Å². The van der Waals surface area contributed by atoms with Crippen molar-refractivity contribution in [1.82, 2.24) is 5.32 Å². The Bertz CT molecular complexity index is 428. The van der Waals surface area contributed by atoms with Crippen molar-refractivity contribution >= 4 is 5.97 Å². The van der Waals surface area contributed by atoms with E-state index in [1.54, 1.807) is 0 Å². The lowest BCUT2D eigenvalue weighted by Crippen LogP contribution is -2.35. The summed E-state index contributed by atoms with van der Waals surface area (Å²) in [5, 5.41) is 12.3. The second-order valence-corrected chi connectivity index (χ2v) is 4.89. The lowest BCUT2D eigenvalue weighted by molar-refractivity contribution is -0.139. The fourth-order valence-corrected chi connectivity index (χ4v) is 2.47. The van der Waals surface area contributed by atoms with E-state index in [2.05, 4.69) is 5.32 Å². The van der Waals surface area contributed by atoms with Gasteiger partial charge in [-0.05, 0) is 18.4 Å². The zero-order chi connectivity index (χ0) is 13.8. The van der Waals surface area contributed by atoms with Crippen molar-refractivity contribution in [3.8, 4) is 0 Å². The molecule has 2 rings (SSSR count). The van der Waals surface area contributed by atoms with Crippen LogP contribution in [0.1, 0.15) is 49.3 Å². The first-order valence-corrected chi connectivity index (χ1v) is 6.45. The summed E-state index contributed by atoms with van der Waals surface area (Å²) < 4.78 is 24.9. The summed E-state index contributed by atoms with van der Waals surface area (Å²) in [6.45, 7) is 0. The topological polar surface area (TPSA) is 49.3 Å². The molecule has 0 amide bonds. The molecule has 0 saturated heterocycles. The first-order chi connectivity index (χ1) is 9.08. The second-order valence-electron chi connectivity index (χ2n) is 4.89. The first kappa shape index (κ1) is 13.9.